The zero-order valence-electron chi connectivity index (χ0n) is 11.6. The van der Waals surface area contributed by atoms with Crippen LogP contribution >= 0.6 is 0 Å². The molecule has 1 heterocycles. The van der Waals surface area contributed by atoms with E-state index < -0.39 is 0 Å². The Morgan fingerprint density at radius 3 is 2.62 bits per heavy atom. The first-order chi connectivity index (χ1) is 7.67. The van der Waals surface area contributed by atoms with E-state index in [1.54, 1.807) is 0 Å². The molecular formula is C14H30N2. The molecule has 0 bridgehead atoms. The van der Waals surface area contributed by atoms with Gasteiger partial charge in [-0.15, -0.1) is 0 Å². The van der Waals surface area contributed by atoms with Gasteiger partial charge in [0, 0.05) is 12.6 Å². The second-order valence-electron chi connectivity index (χ2n) is 5.63. The minimum Gasteiger partial charge on any atom is -0.317 e. The summed E-state index contributed by atoms with van der Waals surface area (Å²) in [5.74, 6) is 1.82. The number of rotatable bonds is 7. The summed E-state index contributed by atoms with van der Waals surface area (Å²) in [7, 11) is 2.08. The normalized spacial score (nSPS) is 24.2. The van der Waals surface area contributed by atoms with Crippen molar-refractivity contribution in [2.75, 3.05) is 26.7 Å². The maximum absolute atomic E-state index is 3.39. The summed E-state index contributed by atoms with van der Waals surface area (Å²) in [5.41, 5.74) is 0. The quantitative estimate of drug-likeness (QED) is 0.718. The van der Waals surface area contributed by atoms with Gasteiger partial charge in [-0.1, -0.05) is 20.8 Å². The molecule has 0 saturated carbocycles. The maximum atomic E-state index is 3.39. The Kier molecular flexibility index (Phi) is 6.37. The Bertz CT molecular complexity index is 176. The maximum Gasteiger partial charge on any atom is 0.00619 e. The molecule has 0 aromatic heterocycles. The minimum absolute atomic E-state index is 0.725. The molecule has 16 heavy (non-hydrogen) atoms. The predicted octanol–water partition coefficient (Wildman–Crippen LogP) is 2.74. The number of likely N-dealkylation sites (tertiary alicyclic amines) is 1. The highest BCUT2D eigenvalue weighted by atomic mass is 15.1. The summed E-state index contributed by atoms with van der Waals surface area (Å²) in [6, 6.07) is 0.725. The largest absolute Gasteiger partial charge is 0.317 e. The molecule has 1 fully saturated rings. The molecule has 1 aliphatic rings. The van der Waals surface area contributed by atoms with Crippen molar-refractivity contribution in [3.63, 3.8) is 0 Å². The standard InChI is InChI=1S/C14H30N2/c1-5-14(15-4)7-6-9-16-10-8-13(11-16)12(2)3/h12-15H,5-11H2,1-4H3. The zero-order valence-corrected chi connectivity index (χ0v) is 11.6. The lowest BCUT2D eigenvalue weighted by Crippen LogP contribution is -2.27. The first-order valence-electron chi connectivity index (χ1n) is 7.07. The smallest absolute Gasteiger partial charge is 0.00619 e. The van der Waals surface area contributed by atoms with Gasteiger partial charge < -0.3 is 10.2 Å². The molecule has 0 amide bonds. The van der Waals surface area contributed by atoms with Gasteiger partial charge in [0.1, 0.15) is 0 Å². The number of nitrogens with one attached hydrogen (secondary N) is 1. The second kappa shape index (κ2) is 7.29. The van der Waals surface area contributed by atoms with E-state index in [9.17, 15) is 0 Å². The van der Waals surface area contributed by atoms with E-state index >= 15 is 0 Å². The van der Waals surface area contributed by atoms with Crippen LogP contribution in [-0.2, 0) is 0 Å². The molecule has 0 radical (unpaired) electrons. The van der Waals surface area contributed by atoms with Gasteiger partial charge in [-0.2, -0.15) is 0 Å². The van der Waals surface area contributed by atoms with Gasteiger partial charge in [-0.05, 0) is 57.7 Å². The molecule has 0 aromatic rings. The van der Waals surface area contributed by atoms with E-state index in [0.717, 1.165) is 17.9 Å². The molecule has 1 aliphatic heterocycles. The van der Waals surface area contributed by atoms with Crippen LogP contribution in [0.25, 0.3) is 0 Å². The third-order valence-corrected chi connectivity index (χ3v) is 4.18. The summed E-state index contributed by atoms with van der Waals surface area (Å²) in [6.45, 7) is 11.0. The molecule has 2 unspecified atom stereocenters. The number of hydrogen-bond acceptors (Lipinski definition) is 2. The third kappa shape index (κ3) is 4.42. The number of nitrogens with zero attached hydrogens (tertiary/aromatic N) is 1. The molecular weight excluding hydrogens is 196 g/mol. The van der Waals surface area contributed by atoms with E-state index in [0.29, 0.717) is 0 Å². The molecule has 1 N–H and O–H groups in total. The van der Waals surface area contributed by atoms with Gasteiger partial charge in [-0.25, -0.2) is 0 Å². The Labute approximate surface area is 102 Å². The lowest BCUT2D eigenvalue weighted by atomic mass is 9.95. The molecule has 0 aromatic carbocycles. The van der Waals surface area contributed by atoms with Crippen LogP contribution in [0, 0.1) is 11.8 Å². The molecule has 2 heteroatoms. The van der Waals surface area contributed by atoms with Crippen LogP contribution in [0.4, 0.5) is 0 Å². The van der Waals surface area contributed by atoms with Gasteiger partial charge in [-0.3, -0.25) is 0 Å². The fraction of sp³-hybridized carbons (Fsp3) is 1.00. The van der Waals surface area contributed by atoms with Gasteiger partial charge >= 0.3 is 0 Å². The van der Waals surface area contributed by atoms with E-state index in [2.05, 4.69) is 38.0 Å². The monoisotopic (exact) mass is 226 g/mol. The summed E-state index contributed by atoms with van der Waals surface area (Å²) >= 11 is 0. The van der Waals surface area contributed by atoms with Crippen molar-refractivity contribution >= 4 is 0 Å². The summed E-state index contributed by atoms with van der Waals surface area (Å²) in [5, 5.41) is 3.39. The van der Waals surface area contributed by atoms with E-state index in [4.69, 9.17) is 0 Å². The number of hydrogen-bond donors (Lipinski definition) is 1. The van der Waals surface area contributed by atoms with Crippen LogP contribution in [0.5, 0.6) is 0 Å². The van der Waals surface area contributed by atoms with Crippen LogP contribution in [0.3, 0.4) is 0 Å². The van der Waals surface area contributed by atoms with E-state index in [1.807, 2.05) is 0 Å². The summed E-state index contributed by atoms with van der Waals surface area (Å²) in [4.78, 5) is 2.66. The van der Waals surface area contributed by atoms with E-state index in [-0.39, 0.29) is 0 Å². The first-order valence-corrected chi connectivity index (χ1v) is 7.07. The topological polar surface area (TPSA) is 15.3 Å². The van der Waals surface area contributed by atoms with Crippen molar-refractivity contribution in [2.24, 2.45) is 11.8 Å². The van der Waals surface area contributed by atoms with Crippen LogP contribution in [0.1, 0.15) is 46.5 Å². The van der Waals surface area contributed by atoms with Crippen molar-refractivity contribution in [1.29, 1.82) is 0 Å². The fourth-order valence-electron chi connectivity index (χ4n) is 2.72. The predicted molar refractivity (Wildman–Crippen MR) is 71.8 cm³/mol. The molecule has 2 atom stereocenters. The molecule has 2 nitrogen and oxygen atoms in total. The van der Waals surface area contributed by atoms with Crippen molar-refractivity contribution < 1.29 is 0 Å². The molecule has 1 saturated heterocycles. The molecule has 1 rings (SSSR count). The van der Waals surface area contributed by atoms with Crippen LogP contribution in [0.15, 0.2) is 0 Å². The van der Waals surface area contributed by atoms with Crippen molar-refractivity contribution in [3.8, 4) is 0 Å². The minimum atomic E-state index is 0.725. The lowest BCUT2D eigenvalue weighted by Gasteiger charge is -2.19. The average molecular weight is 226 g/mol. The highest BCUT2D eigenvalue weighted by molar-refractivity contribution is 4.77. The summed E-state index contributed by atoms with van der Waals surface area (Å²) < 4.78 is 0. The first kappa shape index (κ1) is 14.0. The van der Waals surface area contributed by atoms with Gasteiger partial charge in [0.25, 0.3) is 0 Å². The van der Waals surface area contributed by atoms with E-state index in [1.165, 1.54) is 45.3 Å². The van der Waals surface area contributed by atoms with Crippen molar-refractivity contribution in [3.05, 3.63) is 0 Å². The lowest BCUT2D eigenvalue weighted by molar-refractivity contribution is 0.291. The van der Waals surface area contributed by atoms with Crippen molar-refractivity contribution in [2.45, 2.75) is 52.5 Å². The molecule has 0 aliphatic carbocycles. The fourth-order valence-corrected chi connectivity index (χ4v) is 2.72. The Balaban J connectivity index is 2.11. The molecule has 96 valence electrons. The highest BCUT2D eigenvalue weighted by Gasteiger charge is 2.24. The Morgan fingerprint density at radius 2 is 2.12 bits per heavy atom. The highest BCUT2D eigenvalue weighted by Crippen LogP contribution is 2.23. The second-order valence-corrected chi connectivity index (χ2v) is 5.63. The van der Waals surface area contributed by atoms with Gasteiger partial charge in [0.15, 0.2) is 0 Å². The SMILES string of the molecule is CCC(CCCN1CCC(C(C)C)C1)NC. The van der Waals surface area contributed by atoms with Gasteiger partial charge in [0.2, 0.25) is 0 Å². The van der Waals surface area contributed by atoms with Crippen LogP contribution in [-0.4, -0.2) is 37.6 Å². The Morgan fingerprint density at radius 1 is 1.38 bits per heavy atom. The van der Waals surface area contributed by atoms with Crippen LogP contribution < -0.4 is 5.32 Å². The van der Waals surface area contributed by atoms with Crippen molar-refractivity contribution in [1.82, 2.24) is 10.2 Å². The zero-order chi connectivity index (χ0) is 12.0. The van der Waals surface area contributed by atoms with Crippen LogP contribution in [0.2, 0.25) is 0 Å². The average Bonchev–Trinajstić information content (AvgIpc) is 2.73. The molecule has 0 spiro atoms. The Hall–Kier alpha value is -0.0800. The third-order valence-electron chi connectivity index (χ3n) is 4.18. The van der Waals surface area contributed by atoms with Gasteiger partial charge in [0.05, 0.1) is 0 Å². The summed E-state index contributed by atoms with van der Waals surface area (Å²) in [6.07, 6.45) is 5.35.